The van der Waals surface area contributed by atoms with E-state index in [1.807, 2.05) is 38.1 Å². The molecule has 1 aromatic carbocycles. The maximum absolute atomic E-state index is 12.6. The third kappa shape index (κ3) is 6.23. The number of aryl methyl sites for hydroxylation is 2. The molecule has 180 valence electrons. The van der Waals surface area contributed by atoms with Crippen LogP contribution < -0.4 is 21.3 Å². The number of H-pyrrole nitrogens is 1. The predicted octanol–water partition coefficient (Wildman–Crippen LogP) is 1.65. The SMILES string of the molecule is CCc1cccc(OC[C@@H](O)Cn2c(NCCCOC(C)C)nc3c2c(=O)[nH]c(=O)n3C)c1. The smallest absolute Gasteiger partial charge is 0.329 e. The van der Waals surface area contributed by atoms with Crippen molar-refractivity contribution in [1.82, 2.24) is 19.1 Å². The summed E-state index contributed by atoms with van der Waals surface area (Å²) in [6.45, 7) is 7.25. The maximum atomic E-state index is 12.6. The molecule has 0 saturated heterocycles. The molecule has 0 aliphatic rings. The second kappa shape index (κ2) is 11.2. The van der Waals surface area contributed by atoms with Gasteiger partial charge in [-0.1, -0.05) is 19.1 Å². The summed E-state index contributed by atoms with van der Waals surface area (Å²) in [5.41, 5.74) is 0.496. The highest BCUT2D eigenvalue weighted by Crippen LogP contribution is 2.18. The molecule has 3 aromatic rings. The number of hydrogen-bond acceptors (Lipinski definition) is 7. The second-order valence-electron chi connectivity index (χ2n) is 8.20. The van der Waals surface area contributed by atoms with E-state index in [1.54, 1.807) is 11.6 Å². The van der Waals surface area contributed by atoms with Crippen LogP contribution in [-0.2, 0) is 24.8 Å². The topological polar surface area (TPSA) is 123 Å². The summed E-state index contributed by atoms with van der Waals surface area (Å²) >= 11 is 0. The minimum atomic E-state index is -0.908. The Bertz CT molecular complexity index is 1180. The van der Waals surface area contributed by atoms with Crippen LogP contribution in [0.15, 0.2) is 33.9 Å². The van der Waals surface area contributed by atoms with Crippen molar-refractivity contribution >= 4 is 17.1 Å². The lowest BCUT2D eigenvalue weighted by atomic mass is 10.2. The summed E-state index contributed by atoms with van der Waals surface area (Å²) in [6, 6.07) is 7.70. The van der Waals surface area contributed by atoms with Crippen LogP contribution in [0.1, 0.15) is 32.8 Å². The second-order valence-corrected chi connectivity index (χ2v) is 8.20. The Morgan fingerprint density at radius 3 is 2.79 bits per heavy atom. The van der Waals surface area contributed by atoms with Gasteiger partial charge in [-0.25, -0.2) is 4.79 Å². The lowest BCUT2D eigenvalue weighted by molar-refractivity contribution is 0.0786. The van der Waals surface area contributed by atoms with E-state index >= 15 is 0 Å². The van der Waals surface area contributed by atoms with Gasteiger partial charge in [0.15, 0.2) is 11.2 Å². The molecule has 2 heterocycles. The highest BCUT2D eigenvalue weighted by molar-refractivity contribution is 5.74. The standard InChI is InChI=1S/C23H33N5O5/c1-5-16-8-6-9-18(12-16)33-14-17(29)13-28-19-20(27(4)23(31)26-21(19)30)25-22(28)24-10-7-11-32-15(2)3/h6,8-9,12,15,17,29H,5,7,10-11,13-14H2,1-4H3,(H,24,25)(H,26,30,31)/t17-/m0/s1. The van der Waals surface area contributed by atoms with Gasteiger partial charge in [-0.05, 0) is 44.4 Å². The molecular weight excluding hydrogens is 426 g/mol. The highest BCUT2D eigenvalue weighted by Gasteiger charge is 2.20. The molecule has 0 spiro atoms. The monoisotopic (exact) mass is 459 g/mol. The number of anilines is 1. The molecule has 0 amide bonds. The number of rotatable bonds is 12. The molecule has 10 nitrogen and oxygen atoms in total. The van der Waals surface area contributed by atoms with Gasteiger partial charge < -0.3 is 24.5 Å². The van der Waals surface area contributed by atoms with E-state index < -0.39 is 17.4 Å². The van der Waals surface area contributed by atoms with Crippen LogP contribution in [0.4, 0.5) is 5.95 Å². The zero-order valence-corrected chi connectivity index (χ0v) is 19.6. The number of aliphatic hydroxyl groups is 1. The van der Waals surface area contributed by atoms with Gasteiger partial charge in [-0.15, -0.1) is 0 Å². The van der Waals surface area contributed by atoms with Crippen molar-refractivity contribution in [3.05, 3.63) is 50.7 Å². The molecule has 0 bridgehead atoms. The molecule has 10 heteroatoms. The van der Waals surface area contributed by atoms with Crippen molar-refractivity contribution in [3.63, 3.8) is 0 Å². The zero-order valence-electron chi connectivity index (χ0n) is 19.6. The fourth-order valence-electron chi connectivity index (χ4n) is 3.45. The molecule has 3 rings (SSSR count). The van der Waals surface area contributed by atoms with Gasteiger partial charge in [0.1, 0.15) is 18.5 Å². The molecular formula is C23H33N5O5. The summed E-state index contributed by atoms with van der Waals surface area (Å²) in [6.07, 6.45) is 0.861. The first kappa shape index (κ1) is 24.5. The van der Waals surface area contributed by atoms with Crippen LogP contribution in [0.5, 0.6) is 5.75 Å². The lowest BCUT2D eigenvalue weighted by Crippen LogP contribution is -2.31. The van der Waals surface area contributed by atoms with E-state index in [0.29, 0.717) is 24.8 Å². The molecule has 0 unspecified atom stereocenters. The molecule has 0 aliphatic carbocycles. The Morgan fingerprint density at radius 1 is 1.27 bits per heavy atom. The number of imidazole rings is 1. The third-order valence-electron chi connectivity index (χ3n) is 5.20. The first-order valence-electron chi connectivity index (χ1n) is 11.2. The molecule has 3 N–H and O–H groups in total. The molecule has 0 fully saturated rings. The Balaban J connectivity index is 1.78. The molecule has 33 heavy (non-hydrogen) atoms. The molecule has 2 aromatic heterocycles. The first-order valence-corrected chi connectivity index (χ1v) is 11.2. The fraction of sp³-hybridized carbons (Fsp3) is 0.522. The van der Waals surface area contributed by atoms with Crippen LogP contribution in [0, 0.1) is 0 Å². The van der Waals surface area contributed by atoms with Gasteiger partial charge >= 0.3 is 5.69 Å². The van der Waals surface area contributed by atoms with Crippen molar-refractivity contribution in [2.45, 2.75) is 52.4 Å². The number of aromatic nitrogens is 4. The van der Waals surface area contributed by atoms with Crippen molar-refractivity contribution in [1.29, 1.82) is 0 Å². The number of fused-ring (bicyclic) bond motifs is 1. The van der Waals surface area contributed by atoms with E-state index in [-0.39, 0.29) is 30.4 Å². The molecule has 0 aliphatic heterocycles. The largest absolute Gasteiger partial charge is 0.491 e. The maximum Gasteiger partial charge on any atom is 0.329 e. The molecule has 1 atom stereocenters. The Labute approximate surface area is 192 Å². The first-order chi connectivity index (χ1) is 15.8. The minimum absolute atomic E-state index is 0.0399. The number of benzene rings is 1. The van der Waals surface area contributed by atoms with E-state index in [0.717, 1.165) is 18.4 Å². The van der Waals surface area contributed by atoms with Crippen LogP contribution in [0.2, 0.25) is 0 Å². The average molecular weight is 460 g/mol. The number of nitrogens with zero attached hydrogens (tertiary/aromatic N) is 3. The summed E-state index contributed by atoms with van der Waals surface area (Å²) in [4.78, 5) is 31.4. The number of hydrogen-bond donors (Lipinski definition) is 3. The summed E-state index contributed by atoms with van der Waals surface area (Å²) < 4.78 is 14.2. The molecule has 0 radical (unpaired) electrons. The van der Waals surface area contributed by atoms with Crippen LogP contribution in [-0.4, -0.2) is 56.2 Å². The minimum Gasteiger partial charge on any atom is -0.491 e. The van der Waals surface area contributed by atoms with E-state index in [2.05, 4.69) is 22.2 Å². The Hall–Kier alpha value is -3.11. The van der Waals surface area contributed by atoms with Gasteiger partial charge in [-0.3, -0.25) is 14.3 Å². The zero-order chi connectivity index (χ0) is 24.0. The highest BCUT2D eigenvalue weighted by atomic mass is 16.5. The van der Waals surface area contributed by atoms with Crippen LogP contribution in [0.3, 0.4) is 0 Å². The van der Waals surface area contributed by atoms with E-state index in [1.165, 1.54) is 4.57 Å². The van der Waals surface area contributed by atoms with Crippen molar-refractivity contribution < 1.29 is 14.6 Å². The van der Waals surface area contributed by atoms with E-state index in [4.69, 9.17) is 9.47 Å². The summed E-state index contributed by atoms with van der Waals surface area (Å²) in [7, 11) is 1.54. The average Bonchev–Trinajstić information content (AvgIpc) is 3.14. The normalized spacial score (nSPS) is 12.4. The fourth-order valence-corrected chi connectivity index (χ4v) is 3.45. The van der Waals surface area contributed by atoms with Crippen LogP contribution >= 0.6 is 0 Å². The van der Waals surface area contributed by atoms with Gasteiger partial charge in [0.25, 0.3) is 5.56 Å². The van der Waals surface area contributed by atoms with Gasteiger partial charge in [0, 0.05) is 20.2 Å². The number of nitrogens with one attached hydrogen (secondary N) is 2. The quantitative estimate of drug-likeness (QED) is 0.352. The van der Waals surface area contributed by atoms with E-state index in [9.17, 15) is 14.7 Å². The summed E-state index contributed by atoms with van der Waals surface area (Å²) in [5, 5.41) is 13.9. The lowest BCUT2D eigenvalue weighted by Gasteiger charge is -2.16. The predicted molar refractivity (Wildman–Crippen MR) is 127 cm³/mol. The van der Waals surface area contributed by atoms with Gasteiger partial charge in [-0.2, -0.15) is 4.98 Å². The van der Waals surface area contributed by atoms with Gasteiger partial charge in [0.2, 0.25) is 5.95 Å². The van der Waals surface area contributed by atoms with Crippen molar-refractivity contribution in [2.75, 3.05) is 25.1 Å². The third-order valence-corrected chi connectivity index (χ3v) is 5.20. The molecule has 0 saturated carbocycles. The Morgan fingerprint density at radius 2 is 2.06 bits per heavy atom. The number of ether oxygens (including phenoxy) is 2. The summed E-state index contributed by atoms with van der Waals surface area (Å²) in [5.74, 6) is 1.07. The van der Waals surface area contributed by atoms with Crippen molar-refractivity contribution in [3.8, 4) is 5.75 Å². The van der Waals surface area contributed by atoms with Crippen molar-refractivity contribution in [2.24, 2.45) is 7.05 Å². The van der Waals surface area contributed by atoms with Crippen LogP contribution in [0.25, 0.3) is 11.2 Å². The number of aromatic amines is 1. The number of aliphatic hydroxyl groups excluding tert-OH is 1. The van der Waals surface area contributed by atoms with Gasteiger partial charge in [0.05, 0.1) is 12.6 Å². The Kier molecular flexibility index (Phi) is 8.29.